The lowest BCUT2D eigenvalue weighted by atomic mass is 9.72. The van der Waals surface area contributed by atoms with Gasteiger partial charge in [-0.05, 0) is 54.4 Å². The highest BCUT2D eigenvalue weighted by Crippen LogP contribution is 2.47. The molecule has 0 spiro atoms. The Morgan fingerprint density at radius 1 is 1.43 bits per heavy atom. The number of piperidine rings is 1. The molecule has 0 bridgehead atoms. The number of fused-ring (bicyclic) bond motifs is 4. The molecule has 7 nitrogen and oxygen atoms in total. The van der Waals surface area contributed by atoms with Crippen molar-refractivity contribution in [2.75, 3.05) is 27.0 Å². The Hall–Kier alpha value is -2.77. The summed E-state index contributed by atoms with van der Waals surface area (Å²) in [5, 5.41) is 18.7. The zero-order valence-electron chi connectivity index (χ0n) is 15.9. The predicted molar refractivity (Wildman–Crippen MR) is 98.1 cm³/mol. The highest BCUT2D eigenvalue weighted by molar-refractivity contribution is 5.75. The highest BCUT2D eigenvalue weighted by atomic mass is 16.7. The van der Waals surface area contributed by atoms with Gasteiger partial charge in [0.05, 0.1) is 19.2 Å². The third kappa shape index (κ3) is 3.16. The largest absolute Gasteiger partial charge is 0.468 e. The van der Waals surface area contributed by atoms with Crippen molar-refractivity contribution in [1.82, 2.24) is 4.90 Å². The van der Waals surface area contributed by atoms with E-state index in [2.05, 4.69) is 29.2 Å². The smallest absolute Gasteiger partial charge is 0.323 e. The molecule has 1 unspecified atom stereocenters. The van der Waals surface area contributed by atoms with Crippen LogP contribution in [0.3, 0.4) is 0 Å². The van der Waals surface area contributed by atoms with Crippen LogP contribution in [0.2, 0.25) is 0 Å². The average Bonchev–Trinajstić information content (AvgIpc) is 3.18. The van der Waals surface area contributed by atoms with Gasteiger partial charge >= 0.3 is 5.97 Å². The lowest BCUT2D eigenvalue weighted by Gasteiger charge is -2.48. The first-order valence-corrected chi connectivity index (χ1v) is 9.67. The van der Waals surface area contributed by atoms with E-state index < -0.39 is 11.9 Å². The van der Waals surface area contributed by atoms with Gasteiger partial charge in [-0.1, -0.05) is 0 Å². The SMILES string of the molecule is COC(=O)C([14C]#N)[C@H]1C[C@H]2c3cc4c(cc3CCN2C[C@H]1CCC#N)OCO4. The molecule has 4 atom stereocenters. The molecule has 3 aliphatic rings. The molecule has 0 N–H and O–H groups in total. The Balaban J connectivity index is 1.66. The highest BCUT2D eigenvalue weighted by Gasteiger charge is 2.44. The summed E-state index contributed by atoms with van der Waals surface area (Å²) in [6.07, 6.45) is 2.73. The van der Waals surface area contributed by atoms with Crippen LogP contribution in [0, 0.1) is 40.4 Å². The lowest BCUT2D eigenvalue weighted by molar-refractivity contribution is -0.147. The van der Waals surface area contributed by atoms with E-state index in [1.54, 1.807) is 0 Å². The van der Waals surface area contributed by atoms with Crippen LogP contribution in [-0.2, 0) is 16.0 Å². The normalized spacial score (nSPS) is 26.3. The van der Waals surface area contributed by atoms with E-state index in [4.69, 9.17) is 19.5 Å². The van der Waals surface area contributed by atoms with Crippen molar-refractivity contribution in [3.8, 4) is 23.6 Å². The summed E-state index contributed by atoms with van der Waals surface area (Å²) in [7, 11) is 1.32. The van der Waals surface area contributed by atoms with Crippen molar-refractivity contribution in [1.29, 1.82) is 10.5 Å². The molecule has 1 aromatic rings. The number of benzene rings is 1. The van der Waals surface area contributed by atoms with E-state index in [1.165, 1.54) is 18.2 Å². The molecule has 0 amide bonds. The summed E-state index contributed by atoms with van der Waals surface area (Å²) in [5.74, 6) is 0.239. The number of nitrogens with zero attached hydrogens (tertiary/aromatic N) is 3. The van der Waals surface area contributed by atoms with Gasteiger partial charge < -0.3 is 14.2 Å². The Labute approximate surface area is 164 Å². The van der Waals surface area contributed by atoms with Crippen LogP contribution in [0.15, 0.2) is 12.1 Å². The van der Waals surface area contributed by atoms with E-state index in [0.29, 0.717) is 19.3 Å². The molecule has 7 heteroatoms. The second-order valence-electron chi connectivity index (χ2n) is 7.65. The number of hydrogen-bond donors (Lipinski definition) is 0. The van der Waals surface area contributed by atoms with Crippen LogP contribution >= 0.6 is 0 Å². The summed E-state index contributed by atoms with van der Waals surface area (Å²) >= 11 is 0. The molecule has 146 valence electrons. The molecular formula is C21H23N3O4. The van der Waals surface area contributed by atoms with Crippen molar-refractivity contribution in [2.24, 2.45) is 17.8 Å². The molecule has 0 aromatic heterocycles. The van der Waals surface area contributed by atoms with Crippen molar-refractivity contribution in [3.63, 3.8) is 0 Å². The minimum absolute atomic E-state index is 0.121. The molecule has 0 aliphatic carbocycles. The van der Waals surface area contributed by atoms with Gasteiger partial charge in [-0.25, -0.2) is 0 Å². The van der Waals surface area contributed by atoms with Crippen LogP contribution < -0.4 is 9.47 Å². The van der Waals surface area contributed by atoms with Gasteiger partial charge in [0, 0.05) is 25.6 Å². The fourth-order valence-electron chi connectivity index (χ4n) is 4.94. The molecule has 4 rings (SSSR count). The van der Waals surface area contributed by atoms with Gasteiger partial charge in [0.25, 0.3) is 0 Å². The summed E-state index contributed by atoms with van der Waals surface area (Å²) in [5.41, 5.74) is 2.44. The molecule has 28 heavy (non-hydrogen) atoms. The fraction of sp³-hybridized carbons (Fsp3) is 0.571. The molecular weight excluding hydrogens is 360 g/mol. The number of hydrogen-bond acceptors (Lipinski definition) is 7. The summed E-state index contributed by atoms with van der Waals surface area (Å²) < 4.78 is 16.0. The fourth-order valence-corrected chi connectivity index (χ4v) is 4.94. The van der Waals surface area contributed by atoms with Crippen LogP contribution in [0.25, 0.3) is 0 Å². The Kier molecular flexibility index (Phi) is 5.11. The molecule has 1 aromatic carbocycles. The zero-order chi connectivity index (χ0) is 19.7. The van der Waals surface area contributed by atoms with E-state index >= 15 is 0 Å². The van der Waals surface area contributed by atoms with E-state index in [1.807, 2.05) is 0 Å². The van der Waals surface area contributed by atoms with Gasteiger partial charge in [-0.3, -0.25) is 9.69 Å². The van der Waals surface area contributed by atoms with Gasteiger partial charge in [0.15, 0.2) is 11.5 Å². The molecule has 3 heterocycles. The number of esters is 1. The number of methoxy groups -OCH3 is 1. The van der Waals surface area contributed by atoms with Gasteiger partial charge in [-0.2, -0.15) is 10.5 Å². The molecule has 3 aliphatic heterocycles. The summed E-state index contributed by atoms with van der Waals surface area (Å²) in [6.45, 7) is 1.94. The topological polar surface area (TPSA) is 95.6 Å². The van der Waals surface area contributed by atoms with Crippen LogP contribution in [-0.4, -0.2) is 37.9 Å². The Bertz CT molecular complexity index is 856. The first-order valence-electron chi connectivity index (χ1n) is 9.67. The molecule has 0 saturated carbocycles. The number of rotatable bonds is 4. The van der Waals surface area contributed by atoms with Gasteiger partial charge in [0.2, 0.25) is 6.79 Å². The second kappa shape index (κ2) is 7.69. The van der Waals surface area contributed by atoms with Crippen molar-refractivity contribution >= 4 is 5.97 Å². The maximum atomic E-state index is 12.3. The molecule has 1 fully saturated rings. The minimum atomic E-state index is -0.810. The summed E-state index contributed by atoms with van der Waals surface area (Å²) in [4.78, 5) is 14.7. The Morgan fingerprint density at radius 3 is 2.93 bits per heavy atom. The van der Waals surface area contributed by atoms with Crippen LogP contribution in [0.4, 0.5) is 0 Å². The minimum Gasteiger partial charge on any atom is -0.468 e. The number of carbonyl (C=O) groups excluding carboxylic acids is 1. The molecule has 0 radical (unpaired) electrons. The van der Waals surface area contributed by atoms with Crippen molar-refractivity contribution in [3.05, 3.63) is 23.3 Å². The van der Waals surface area contributed by atoms with Crippen LogP contribution in [0.1, 0.15) is 36.4 Å². The summed E-state index contributed by atoms with van der Waals surface area (Å²) in [6, 6.07) is 8.62. The molecule has 1 saturated heterocycles. The zero-order valence-corrected chi connectivity index (χ0v) is 15.9. The monoisotopic (exact) mass is 383 g/mol. The maximum absolute atomic E-state index is 12.3. The average molecular weight is 383 g/mol. The third-order valence-electron chi connectivity index (χ3n) is 6.32. The van der Waals surface area contributed by atoms with Crippen molar-refractivity contribution in [2.45, 2.75) is 31.7 Å². The van der Waals surface area contributed by atoms with E-state index in [-0.39, 0.29) is 24.7 Å². The first-order chi connectivity index (χ1) is 13.7. The number of nitriles is 2. The lowest BCUT2D eigenvalue weighted by Crippen LogP contribution is -2.48. The van der Waals surface area contributed by atoms with E-state index in [9.17, 15) is 10.1 Å². The van der Waals surface area contributed by atoms with E-state index in [0.717, 1.165) is 31.0 Å². The number of carbonyl (C=O) groups is 1. The predicted octanol–water partition coefficient (Wildman–Crippen LogP) is 2.57. The van der Waals surface area contributed by atoms with Gasteiger partial charge in [0.1, 0.15) is 5.92 Å². The van der Waals surface area contributed by atoms with Gasteiger partial charge in [-0.15, -0.1) is 0 Å². The van der Waals surface area contributed by atoms with Crippen molar-refractivity contribution < 1.29 is 19.0 Å². The maximum Gasteiger partial charge on any atom is 0.323 e. The first kappa shape index (κ1) is 18.6. The van der Waals surface area contributed by atoms with Crippen LogP contribution in [0.5, 0.6) is 11.5 Å². The second-order valence-corrected chi connectivity index (χ2v) is 7.65. The Morgan fingerprint density at radius 2 is 2.21 bits per heavy atom. The third-order valence-corrected chi connectivity index (χ3v) is 6.32. The number of ether oxygens (including phenoxy) is 3. The standard InChI is InChI=1S/C21H23N3O4/c1-26-21(25)17(10-23)15-8-18-16-9-20-19(27-12-28-20)7-13(16)4-6-24(18)11-14(15)3-2-5-22/h7,9,14-15,17-18H,2-4,6,8,11-12H2,1H3/t14-,15+,17?,18+/m1/s1/i10+2. The quantitative estimate of drug-likeness (QED) is 0.737.